The third kappa shape index (κ3) is 5.68. The molecule has 2 aliphatic heterocycles. The van der Waals surface area contributed by atoms with Crippen molar-refractivity contribution in [3.63, 3.8) is 0 Å². The summed E-state index contributed by atoms with van der Waals surface area (Å²) in [7, 11) is 1.73. The number of halogens is 2. The van der Waals surface area contributed by atoms with E-state index >= 15 is 0 Å². The van der Waals surface area contributed by atoms with Crippen molar-refractivity contribution in [2.75, 3.05) is 33.4 Å². The molecule has 2 aliphatic rings. The number of piperidine rings is 1. The highest BCUT2D eigenvalue weighted by Gasteiger charge is 2.35. The van der Waals surface area contributed by atoms with E-state index in [1.165, 1.54) is 6.07 Å². The molecule has 1 saturated heterocycles. The summed E-state index contributed by atoms with van der Waals surface area (Å²) in [4.78, 5) is 17.7. The van der Waals surface area contributed by atoms with Gasteiger partial charge in [-0.05, 0) is 56.5 Å². The average Bonchev–Trinajstić information content (AvgIpc) is 2.84. The second kappa shape index (κ2) is 11.3. The summed E-state index contributed by atoms with van der Waals surface area (Å²) in [6.45, 7) is 2.97. The molecule has 0 saturated carbocycles. The van der Waals surface area contributed by atoms with Crippen molar-refractivity contribution in [2.24, 2.45) is 0 Å². The van der Waals surface area contributed by atoms with Gasteiger partial charge in [-0.15, -0.1) is 0 Å². The van der Waals surface area contributed by atoms with E-state index < -0.39 is 0 Å². The molecule has 1 amide bonds. The lowest BCUT2D eigenvalue weighted by Gasteiger charge is -2.41. The number of carbonyl (C=O) groups is 1. The Balaban J connectivity index is 1.58. The number of hydrogen-bond donors (Lipinski definition) is 0. The van der Waals surface area contributed by atoms with Crippen LogP contribution in [0.25, 0.3) is 0 Å². The van der Waals surface area contributed by atoms with Crippen LogP contribution >= 0.6 is 11.6 Å². The highest BCUT2D eigenvalue weighted by atomic mass is 35.5. The summed E-state index contributed by atoms with van der Waals surface area (Å²) in [5.74, 6) is 0.304. The largest absolute Gasteiger partial charge is 0.491 e. The molecule has 7 heteroatoms. The number of amides is 1. The Labute approximate surface area is 200 Å². The van der Waals surface area contributed by atoms with Gasteiger partial charge >= 0.3 is 0 Å². The van der Waals surface area contributed by atoms with E-state index in [0.29, 0.717) is 41.6 Å². The number of fused-ring (bicyclic) bond motifs is 2. The minimum absolute atomic E-state index is 0.00610. The van der Waals surface area contributed by atoms with Gasteiger partial charge in [-0.3, -0.25) is 9.69 Å². The van der Waals surface area contributed by atoms with Gasteiger partial charge in [0.05, 0.1) is 17.7 Å². The number of carbonyl (C=O) groups excluding carboxylic acids is 1. The van der Waals surface area contributed by atoms with E-state index in [4.69, 9.17) is 21.1 Å². The van der Waals surface area contributed by atoms with Crippen molar-refractivity contribution < 1.29 is 18.7 Å². The molecule has 0 radical (unpaired) electrons. The lowest BCUT2D eigenvalue weighted by molar-refractivity contribution is -0.0155. The fourth-order valence-electron chi connectivity index (χ4n) is 4.96. The highest BCUT2D eigenvalue weighted by Crippen LogP contribution is 2.29. The molecule has 0 spiro atoms. The van der Waals surface area contributed by atoms with Gasteiger partial charge < -0.3 is 14.4 Å². The number of benzene rings is 2. The normalized spacial score (nSPS) is 22.9. The van der Waals surface area contributed by atoms with Crippen LogP contribution in [0.3, 0.4) is 0 Å². The number of rotatable bonds is 3. The summed E-state index contributed by atoms with van der Waals surface area (Å²) < 4.78 is 26.3. The molecule has 4 rings (SSSR count). The van der Waals surface area contributed by atoms with Crippen LogP contribution in [0.15, 0.2) is 42.5 Å². The second-order valence-electron chi connectivity index (χ2n) is 8.80. The second-order valence-corrected chi connectivity index (χ2v) is 9.21. The summed E-state index contributed by atoms with van der Waals surface area (Å²) in [6, 6.07) is 12.3. The average molecular weight is 475 g/mol. The zero-order valence-electron chi connectivity index (χ0n) is 19.1. The van der Waals surface area contributed by atoms with Crippen molar-refractivity contribution in [3.05, 3.63) is 64.4 Å². The molecular formula is C26H32ClFN2O3. The molecule has 2 aromatic carbocycles. The van der Waals surface area contributed by atoms with E-state index in [-0.39, 0.29) is 23.9 Å². The first-order valence-corrected chi connectivity index (χ1v) is 12.2. The van der Waals surface area contributed by atoms with Crippen LogP contribution in [0.2, 0.25) is 5.02 Å². The van der Waals surface area contributed by atoms with E-state index in [9.17, 15) is 9.18 Å². The Morgan fingerprint density at radius 2 is 1.91 bits per heavy atom. The molecule has 2 atom stereocenters. The summed E-state index contributed by atoms with van der Waals surface area (Å²) >= 11 is 6.29. The van der Waals surface area contributed by atoms with E-state index in [2.05, 4.69) is 4.90 Å². The Kier molecular flexibility index (Phi) is 8.23. The lowest BCUT2D eigenvalue weighted by Crippen LogP contribution is -2.51. The third-order valence-corrected chi connectivity index (χ3v) is 7.09. The van der Waals surface area contributed by atoms with Crippen molar-refractivity contribution in [2.45, 2.75) is 50.8 Å². The van der Waals surface area contributed by atoms with E-state index in [1.807, 2.05) is 29.2 Å². The number of nitrogens with zero attached hydrogens (tertiary/aromatic N) is 2. The fourth-order valence-corrected chi connectivity index (χ4v) is 5.19. The van der Waals surface area contributed by atoms with Crippen molar-refractivity contribution in [3.8, 4) is 5.75 Å². The van der Waals surface area contributed by atoms with Crippen LogP contribution in [0.1, 0.15) is 48.0 Å². The van der Waals surface area contributed by atoms with Crippen LogP contribution in [-0.2, 0) is 11.3 Å². The van der Waals surface area contributed by atoms with Crippen molar-refractivity contribution in [1.82, 2.24) is 9.80 Å². The third-order valence-electron chi connectivity index (χ3n) is 6.73. The van der Waals surface area contributed by atoms with Crippen molar-refractivity contribution in [1.29, 1.82) is 0 Å². The SMILES string of the molecule is CO[C@@H]1CCCN2C(=O)c3ccccc3OCCN(Cc3c(F)cccc3Cl)CCCC[C@H]12. The zero-order valence-corrected chi connectivity index (χ0v) is 19.9. The molecule has 33 heavy (non-hydrogen) atoms. The van der Waals surface area contributed by atoms with Crippen LogP contribution in [0.5, 0.6) is 5.75 Å². The summed E-state index contributed by atoms with van der Waals surface area (Å²) in [5, 5.41) is 0.440. The summed E-state index contributed by atoms with van der Waals surface area (Å²) in [6.07, 6.45) is 4.70. The van der Waals surface area contributed by atoms with Gasteiger partial charge in [0.25, 0.3) is 5.91 Å². The van der Waals surface area contributed by atoms with Gasteiger partial charge in [0, 0.05) is 37.3 Å². The lowest BCUT2D eigenvalue weighted by atomic mass is 9.93. The zero-order chi connectivity index (χ0) is 23.2. The fraction of sp³-hybridized carbons (Fsp3) is 0.500. The van der Waals surface area contributed by atoms with Gasteiger partial charge in [0.15, 0.2) is 0 Å². The van der Waals surface area contributed by atoms with E-state index in [1.54, 1.807) is 19.2 Å². The molecule has 0 N–H and O–H groups in total. The smallest absolute Gasteiger partial charge is 0.257 e. The van der Waals surface area contributed by atoms with Gasteiger partial charge in [-0.25, -0.2) is 4.39 Å². The minimum atomic E-state index is -0.289. The highest BCUT2D eigenvalue weighted by molar-refractivity contribution is 6.31. The Morgan fingerprint density at radius 3 is 2.73 bits per heavy atom. The van der Waals surface area contributed by atoms with Crippen LogP contribution < -0.4 is 4.74 Å². The molecule has 2 aromatic rings. The first-order valence-electron chi connectivity index (χ1n) is 11.8. The predicted molar refractivity (Wildman–Crippen MR) is 127 cm³/mol. The Bertz CT molecular complexity index is 937. The molecule has 1 fully saturated rings. The number of methoxy groups -OCH3 is 1. The minimum Gasteiger partial charge on any atom is -0.491 e. The van der Waals surface area contributed by atoms with Crippen LogP contribution in [-0.4, -0.2) is 61.2 Å². The van der Waals surface area contributed by atoms with Gasteiger partial charge in [0.1, 0.15) is 18.2 Å². The Hall–Kier alpha value is -2.15. The molecule has 0 unspecified atom stereocenters. The Morgan fingerprint density at radius 1 is 1.06 bits per heavy atom. The van der Waals surface area contributed by atoms with Crippen LogP contribution in [0.4, 0.5) is 4.39 Å². The number of para-hydroxylation sites is 1. The molecule has 5 nitrogen and oxygen atoms in total. The maximum absolute atomic E-state index is 14.4. The van der Waals surface area contributed by atoms with Gasteiger partial charge in [0.2, 0.25) is 0 Å². The maximum Gasteiger partial charge on any atom is 0.257 e. The molecule has 0 aliphatic carbocycles. The number of ether oxygens (including phenoxy) is 2. The van der Waals surface area contributed by atoms with E-state index in [0.717, 1.165) is 45.2 Å². The molecule has 0 aromatic heterocycles. The quantitative estimate of drug-likeness (QED) is 0.616. The summed E-state index contributed by atoms with van der Waals surface area (Å²) in [5.41, 5.74) is 1.10. The molecule has 2 heterocycles. The standard InChI is InChI=1S/C26H32ClFN2O3/c1-32-25-13-7-15-30-23(25)11-4-5-14-29(18-20-21(27)9-6-10-22(20)28)16-17-33-24-12-3-2-8-19(24)26(30)31/h2-3,6,8-10,12,23,25H,4-5,7,11,13-18H2,1H3/t23-,25-/m1/s1. The van der Waals surface area contributed by atoms with Crippen molar-refractivity contribution >= 4 is 17.5 Å². The maximum atomic E-state index is 14.4. The topological polar surface area (TPSA) is 42.0 Å². The molecular weight excluding hydrogens is 443 g/mol. The van der Waals surface area contributed by atoms with Crippen LogP contribution in [0, 0.1) is 5.82 Å². The van der Waals surface area contributed by atoms with Gasteiger partial charge in [-0.2, -0.15) is 0 Å². The first-order chi connectivity index (χ1) is 16.1. The van der Waals surface area contributed by atoms with Gasteiger partial charge in [-0.1, -0.05) is 36.2 Å². The predicted octanol–water partition coefficient (Wildman–Crippen LogP) is 5.16. The monoisotopic (exact) mass is 474 g/mol. The first kappa shape index (κ1) is 24.0. The molecule has 0 bridgehead atoms. The molecule has 178 valence electrons. The number of hydrogen-bond acceptors (Lipinski definition) is 4.